The van der Waals surface area contributed by atoms with Crippen molar-refractivity contribution in [1.82, 2.24) is 0 Å². The Morgan fingerprint density at radius 2 is 1.93 bits per heavy atom. The normalized spacial score (nSPS) is 13.0. The van der Waals surface area contributed by atoms with Gasteiger partial charge >= 0.3 is 12.1 Å². The Labute approximate surface area is 196 Å². The summed E-state index contributed by atoms with van der Waals surface area (Å²) >= 11 is 5.43. The molecule has 0 unspecified atom stereocenters. The maximum atomic E-state index is 12.5. The molecule has 0 aromatic heterocycles. The zero-order valence-corrected chi connectivity index (χ0v) is 19.8. The Balaban J connectivity index is 2.23. The maximum Gasteiger partial charge on any atom is 0.412 e. The summed E-state index contributed by atoms with van der Waals surface area (Å²) in [6.07, 6.45) is 1.10. The van der Waals surface area contributed by atoms with Gasteiger partial charge in [0.2, 0.25) is 0 Å². The molecule has 0 radical (unpaired) electrons. The van der Waals surface area contributed by atoms with Crippen molar-refractivity contribution in [3.05, 3.63) is 68.2 Å². The fourth-order valence-electron chi connectivity index (χ4n) is 2.73. The molecule has 0 bridgehead atoms. The first-order valence-electron chi connectivity index (χ1n) is 8.94. The fourth-order valence-corrected chi connectivity index (χ4v) is 3.51. The van der Waals surface area contributed by atoms with Crippen molar-refractivity contribution in [3.63, 3.8) is 0 Å². The van der Waals surface area contributed by atoms with Gasteiger partial charge in [-0.25, -0.2) is 9.59 Å². The Hall–Kier alpha value is -2.11. The molecule has 0 saturated carbocycles. The van der Waals surface area contributed by atoms with Crippen LogP contribution in [0, 0.1) is 3.57 Å². The number of ether oxygens (including phenoxy) is 2. The number of hydrogen-bond acceptors (Lipinski definition) is 5. The highest BCUT2D eigenvalue weighted by molar-refractivity contribution is 14.1. The molecule has 2 aromatic carbocycles. The van der Waals surface area contributed by atoms with Crippen LogP contribution >= 0.6 is 38.5 Å². The van der Waals surface area contributed by atoms with Crippen LogP contribution in [0.5, 0.6) is 5.75 Å². The number of aliphatic carboxylic acids is 1. The molecule has 0 aliphatic heterocycles. The number of aromatic hydroxyl groups is 1. The zero-order chi connectivity index (χ0) is 22.1. The standard InChI is InChI=1S/C21H21BrINO6/c1-29-18(4-2-3-5-19(26)27)20(16-12-14(23)8-11-17(16)25)30-21(28)24-15-9-6-13(22)7-10-15/h3,5-12,18,20,25H,2,4H2,1H3,(H,24,28)(H,26,27)/b5-3+/t18-,20-/m1/s1. The Morgan fingerprint density at radius 3 is 2.57 bits per heavy atom. The van der Waals surface area contributed by atoms with Gasteiger partial charge in [0, 0.05) is 32.5 Å². The van der Waals surface area contributed by atoms with Crippen molar-refractivity contribution >= 4 is 56.3 Å². The molecule has 2 rings (SSSR count). The Bertz CT molecular complexity index is 903. The Kier molecular flexibility index (Phi) is 9.60. The summed E-state index contributed by atoms with van der Waals surface area (Å²) in [6.45, 7) is 0. The van der Waals surface area contributed by atoms with E-state index >= 15 is 0 Å². The number of methoxy groups -OCH3 is 1. The number of carboxylic acid groups (broad SMARTS) is 1. The second kappa shape index (κ2) is 11.9. The number of benzene rings is 2. The second-order valence-corrected chi connectivity index (χ2v) is 8.41. The number of carboxylic acids is 1. The topological polar surface area (TPSA) is 105 Å². The van der Waals surface area contributed by atoms with E-state index in [2.05, 4.69) is 43.8 Å². The number of carbonyl (C=O) groups excluding carboxylic acids is 1. The SMILES string of the molecule is CO[C@H](CC/C=C/C(=O)O)[C@H](OC(=O)Nc1ccc(Br)cc1)c1cc(I)ccc1O. The van der Waals surface area contributed by atoms with Crippen LogP contribution in [0.1, 0.15) is 24.5 Å². The number of phenols is 1. The molecular formula is C21H21BrINO6. The summed E-state index contributed by atoms with van der Waals surface area (Å²) < 4.78 is 12.9. The lowest BCUT2D eigenvalue weighted by atomic mass is 9.99. The monoisotopic (exact) mass is 589 g/mol. The number of hydrogen-bond donors (Lipinski definition) is 3. The number of halogens is 2. The van der Waals surface area contributed by atoms with Crippen molar-refractivity contribution in [1.29, 1.82) is 0 Å². The molecule has 160 valence electrons. The average molecular weight is 590 g/mol. The van der Waals surface area contributed by atoms with Crippen molar-refractivity contribution in [2.75, 3.05) is 12.4 Å². The predicted molar refractivity (Wildman–Crippen MR) is 125 cm³/mol. The number of amides is 1. The van der Waals surface area contributed by atoms with Gasteiger partial charge in [0.15, 0.2) is 6.10 Å². The van der Waals surface area contributed by atoms with Crippen LogP contribution in [0.25, 0.3) is 0 Å². The largest absolute Gasteiger partial charge is 0.508 e. The van der Waals surface area contributed by atoms with Gasteiger partial charge in [-0.1, -0.05) is 22.0 Å². The molecule has 1 amide bonds. The average Bonchev–Trinajstić information content (AvgIpc) is 2.70. The van der Waals surface area contributed by atoms with Crippen molar-refractivity contribution in [2.24, 2.45) is 0 Å². The lowest BCUT2D eigenvalue weighted by molar-refractivity contribution is -0.131. The fraction of sp³-hybridized carbons (Fsp3) is 0.238. The molecule has 9 heteroatoms. The van der Waals surface area contributed by atoms with Crippen LogP contribution < -0.4 is 5.32 Å². The third-order valence-corrected chi connectivity index (χ3v) is 5.34. The van der Waals surface area contributed by atoms with E-state index in [-0.39, 0.29) is 5.75 Å². The first-order valence-corrected chi connectivity index (χ1v) is 10.8. The molecule has 0 aliphatic rings. The number of rotatable bonds is 9. The molecule has 0 spiro atoms. The minimum Gasteiger partial charge on any atom is -0.508 e. The quantitative estimate of drug-likeness (QED) is 0.264. The molecular weight excluding hydrogens is 569 g/mol. The molecule has 3 N–H and O–H groups in total. The molecule has 7 nitrogen and oxygen atoms in total. The smallest absolute Gasteiger partial charge is 0.412 e. The summed E-state index contributed by atoms with van der Waals surface area (Å²) in [4.78, 5) is 23.2. The maximum absolute atomic E-state index is 12.5. The molecule has 2 atom stereocenters. The van der Waals surface area contributed by atoms with Gasteiger partial charge in [-0.15, -0.1) is 0 Å². The lowest BCUT2D eigenvalue weighted by Crippen LogP contribution is -2.28. The third kappa shape index (κ3) is 7.62. The van der Waals surface area contributed by atoms with Gasteiger partial charge in [-0.2, -0.15) is 0 Å². The predicted octanol–water partition coefficient (Wildman–Crippen LogP) is 5.49. The van der Waals surface area contributed by atoms with Crippen LogP contribution in [-0.2, 0) is 14.3 Å². The lowest BCUT2D eigenvalue weighted by Gasteiger charge is -2.27. The summed E-state index contributed by atoms with van der Waals surface area (Å²) in [6, 6.07) is 12.0. The summed E-state index contributed by atoms with van der Waals surface area (Å²) in [5.41, 5.74) is 0.953. The first-order chi connectivity index (χ1) is 14.3. The van der Waals surface area contributed by atoms with E-state index in [1.54, 1.807) is 36.4 Å². The van der Waals surface area contributed by atoms with Crippen LogP contribution in [0.15, 0.2) is 59.1 Å². The highest BCUT2D eigenvalue weighted by Crippen LogP contribution is 2.34. The second-order valence-electron chi connectivity index (χ2n) is 6.25. The van der Waals surface area contributed by atoms with Crippen LogP contribution in [0.2, 0.25) is 0 Å². The number of anilines is 1. The van der Waals surface area contributed by atoms with Gasteiger partial charge in [-0.05, 0) is 77.9 Å². The van der Waals surface area contributed by atoms with E-state index < -0.39 is 24.3 Å². The van der Waals surface area contributed by atoms with E-state index in [9.17, 15) is 14.7 Å². The third-order valence-electron chi connectivity index (χ3n) is 4.14. The molecule has 30 heavy (non-hydrogen) atoms. The van der Waals surface area contributed by atoms with E-state index in [4.69, 9.17) is 14.6 Å². The summed E-state index contributed by atoms with van der Waals surface area (Å²) in [7, 11) is 1.47. The van der Waals surface area contributed by atoms with E-state index in [0.717, 1.165) is 14.1 Å². The Morgan fingerprint density at radius 1 is 1.23 bits per heavy atom. The number of allylic oxidation sites excluding steroid dienone is 1. The number of phenolic OH excluding ortho intramolecular Hbond substituents is 1. The minimum absolute atomic E-state index is 0.0278. The highest BCUT2D eigenvalue weighted by atomic mass is 127. The van der Waals surface area contributed by atoms with Crippen LogP contribution in [-0.4, -0.2) is 35.5 Å². The van der Waals surface area contributed by atoms with Crippen LogP contribution in [0.4, 0.5) is 10.5 Å². The van der Waals surface area contributed by atoms with E-state index in [1.807, 2.05) is 0 Å². The minimum atomic E-state index is -1.04. The van der Waals surface area contributed by atoms with Crippen molar-refractivity contribution < 1.29 is 29.3 Å². The van der Waals surface area contributed by atoms with Crippen LogP contribution in [0.3, 0.4) is 0 Å². The van der Waals surface area contributed by atoms with E-state index in [1.165, 1.54) is 19.3 Å². The number of nitrogens with one attached hydrogen (secondary N) is 1. The molecule has 0 saturated heterocycles. The van der Waals surface area contributed by atoms with Gasteiger partial charge in [0.1, 0.15) is 5.75 Å². The molecule has 0 aliphatic carbocycles. The summed E-state index contributed by atoms with van der Waals surface area (Å²) in [5, 5.41) is 21.7. The van der Waals surface area contributed by atoms with Crippen molar-refractivity contribution in [2.45, 2.75) is 25.0 Å². The van der Waals surface area contributed by atoms with Gasteiger partial charge in [0.25, 0.3) is 0 Å². The molecule has 2 aromatic rings. The van der Waals surface area contributed by atoms with Crippen molar-refractivity contribution in [3.8, 4) is 5.75 Å². The molecule has 0 fully saturated rings. The zero-order valence-electron chi connectivity index (χ0n) is 16.0. The highest BCUT2D eigenvalue weighted by Gasteiger charge is 2.29. The van der Waals surface area contributed by atoms with Gasteiger partial charge < -0.3 is 19.7 Å². The van der Waals surface area contributed by atoms with E-state index in [0.29, 0.717) is 24.1 Å². The van der Waals surface area contributed by atoms with Gasteiger partial charge in [-0.3, -0.25) is 5.32 Å². The molecule has 0 heterocycles. The number of carbonyl (C=O) groups is 2. The van der Waals surface area contributed by atoms with Gasteiger partial charge in [0.05, 0.1) is 6.10 Å². The summed E-state index contributed by atoms with van der Waals surface area (Å²) in [5.74, 6) is -1.07. The first kappa shape index (κ1) is 24.2.